The van der Waals surface area contributed by atoms with Crippen molar-refractivity contribution >= 4 is 34.5 Å². The van der Waals surface area contributed by atoms with Crippen molar-refractivity contribution in [1.29, 1.82) is 0 Å². The van der Waals surface area contributed by atoms with E-state index in [4.69, 9.17) is 0 Å². The van der Waals surface area contributed by atoms with Gasteiger partial charge in [0.1, 0.15) is 0 Å². The first-order valence-corrected chi connectivity index (χ1v) is 6.45. The second-order valence-corrected chi connectivity index (χ2v) is 6.31. The first kappa shape index (κ1) is 8.82. The summed E-state index contributed by atoms with van der Waals surface area (Å²) in [7, 11) is 0. The number of para-hydroxylation sites is 1. The summed E-state index contributed by atoms with van der Waals surface area (Å²) in [5, 5.41) is 11.6. The average molecular weight is 255 g/mol. The Morgan fingerprint density at radius 1 is 1.08 bits per heavy atom. The van der Waals surface area contributed by atoms with Crippen molar-refractivity contribution in [2.45, 2.75) is 0 Å². The van der Waals surface area contributed by atoms with Crippen molar-refractivity contribution in [2.75, 3.05) is 0 Å². The molecule has 0 amide bonds. The molecule has 2 aromatic rings. The molecule has 0 aliphatic rings. The van der Waals surface area contributed by atoms with Crippen LogP contribution in [-0.2, 0) is 0 Å². The molecule has 1 aromatic heterocycles. The van der Waals surface area contributed by atoms with Gasteiger partial charge in [0.25, 0.3) is 0 Å². The Morgan fingerprint density at radius 2 is 1.92 bits per heavy atom. The summed E-state index contributed by atoms with van der Waals surface area (Å²) in [6.45, 7) is 0. The minimum atomic E-state index is 0.250. The van der Waals surface area contributed by atoms with Crippen molar-refractivity contribution in [2.24, 2.45) is 0 Å². The predicted molar refractivity (Wildman–Crippen MR) is 57.4 cm³/mol. The van der Waals surface area contributed by atoms with Crippen molar-refractivity contribution in [3.8, 4) is 5.75 Å². The Balaban J connectivity index is 2.24. The molecule has 0 spiro atoms. The van der Waals surface area contributed by atoms with Crippen LogP contribution in [0.2, 0.25) is 0 Å². The summed E-state index contributed by atoms with van der Waals surface area (Å²) >= 11 is 1.99. The molecule has 2 rings (SSSR count). The second-order valence-electron chi connectivity index (χ2n) is 2.50. The van der Waals surface area contributed by atoms with E-state index in [1.54, 1.807) is 17.4 Å². The summed E-state index contributed by atoms with van der Waals surface area (Å²) in [6.07, 6.45) is 0. The van der Waals surface area contributed by atoms with E-state index in [-0.39, 0.29) is 15.0 Å². The van der Waals surface area contributed by atoms with Crippen LogP contribution >= 0.6 is 11.3 Å². The summed E-state index contributed by atoms with van der Waals surface area (Å²) < 4.78 is 2.39. The van der Waals surface area contributed by atoms with Gasteiger partial charge in [0.05, 0.1) is 0 Å². The van der Waals surface area contributed by atoms with Crippen molar-refractivity contribution in [1.82, 2.24) is 0 Å². The summed E-state index contributed by atoms with van der Waals surface area (Å²) in [5.41, 5.74) is 0. The molecule has 0 atom stereocenters. The molecule has 1 heterocycles. The van der Waals surface area contributed by atoms with Crippen LogP contribution in [0.3, 0.4) is 0 Å². The molecule has 0 saturated heterocycles. The van der Waals surface area contributed by atoms with E-state index in [0.717, 1.165) is 4.46 Å². The third kappa shape index (κ3) is 2.13. The van der Waals surface area contributed by atoms with Crippen LogP contribution in [0.15, 0.2) is 41.8 Å². The number of phenolic OH excluding ortho intramolecular Hbond substituents is 1. The van der Waals surface area contributed by atoms with Gasteiger partial charge in [0, 0.05) is 0 Å². The first-order chi connectivity index (χ1) is 6.36. The molecular weight excluding hydrogens is 247 g/mol. The van der Waals surface area contributed by atoms with Gasteiger partial charge in [-0.1, -0.05) is 0 Å². The Hall–Kier alpha value is -0.761. The quantitative estimate of drug-likeness (QED) is 0.797. The molecule has 0 aliphatic carbocycles. The van der Waals surface area contributed by atoms with Gasteiger partial charge in [-0.15, -0.1) is 0 Å². The molecular formula is C10H8OSSe. The van der Waals surface area contributed by atoms with E-state index in [9.17, 15) is 5.11 Å². The third-order valence-electron chi connectivity index (χ3n) is 1.57. The van der Waals surface area contributed by atoms with Gasteiger partial charge in [-0.3, -0.25) is 0 Å². The fourth-order valence-electron chi connectivity index (χ4n) is 0.973. The number of thiophene rings is 1. The zero-order chi connectivity index (χ0) is 9.10. The molecule has 0 fully saturated rings. The standard InChI is InChI=1S/C10H8OSSe/c11-8-4-1-2-5-9(8)13-10-6-3-7-12-10/h1-7,11H. The van der Waals surface area contributed by atoms with E-state index in [0.29, 0.717) is 5.75 Å². The Bertz CT molecular complexity index is 384. The van der Waals surface area contributed by atoms with Gasteiger partial charge in [-0.25, -0.2) is 0 Å². The second kappa shape index (κ2) is 3.97. The molecule has 1 N–H and O–H groups in total. The van der Waals surface area contributed by atoms with Crippen molar-refractivity contribution < 1.29 is 5.11 Å². The van der Waals surface area contributed by atoms with Crippen LogP contribution in [0.25, 0.3) is 0 Å². The van der Waals surface area contributed by atoms with Crippen LogP contribution in [0, 0.1) is 0 Å². The molecule has 66 valence electrons. The average Bonchev–Trinajstić information content (AvgIpc) is 2.61. The molecule has 1 aromatic carbocycles. The van der Waals surface area contributed by atoms with E-state index >= 15 is 0 Å². The van der Waals surface area contributed by atoms with Gasteiger partial charge >= 0.3 is 87.2 Å². The van der Waals surface area contributed by atoms with Crippen molar-refractivity contribution in [3.63, 3.8) is 0 Å². The number of phenols is 1. The zero-order valence-electron chi connectivity index (χ0n) is 6.81. The number of rotatable bonds is 2. The molecule has 0 aliphatic heterocycles. The van der Waals surface area contributed by atoms with E-state index < -0.39 is 0 Å². The molecule has 0 unspecified atom stereocenters. The minimum absolute atomic E-state index is 0.250. The molecule has 13 heavy (non-hydrogen) atoms. The molecule has 0 saturated carbocycles. The number of hydrogen-bond donors (Lipinski definition) is 1. The van der Waals surface area contributed by atoms with Gasteiger partial charge < -0.3 is 0 Å². The summed E-state index contributed by atoms with van der Waals surface area (Å²) in [4.78, 5) is 0. The number of benzene rings is 1. The van der Waals surface area contributed by atoms with E-state index in [1.165, 1.54) is 3.78 Å². The maximum atomic E-state index is 9.53. The van der Waals surface area contributed by atoms with Gasteiger partial charge in [0.15, 0.2) is 0 Å². The van der Waals surface area contributed by atoms with Crippen LogP contribution in [0.4, 0.5) is 0 Å². The summed E-state index contributed by atoms with van der Waals surface area (Å²) in [5.74, 6) is 0.413. The fourth-order valence-corrected chi connectivity index (χ4v) is 4.02. The van der Waals surface area contributed by atoms with Crippen molar-refractivity contribution in [3.05, 3.63) is 41.8 Å². The Kier molecular flexibility index (Phi) is 2.69. The molecule has 0 bridgehead atoms. The number of hydrogen-bond acceptors (Lipinski definition) is 2. The third-order valence-corrected chi connectivity index (χ3v) is 5.16. The molecule has 1 nitrogen and oxygen atoms in total. The summed E-state index contributed by atoms with van der Waals surface area (Å²) in [6, 6.07) is 11.7. The van der Waals surface area contributed by atoms with E-state index in [2.05, 4.69) is 11.4 Å². The Morgan fingerprint density at radius 3 is 2.62 bits per heavy atom. The number of aromatic hydroxyl groups is 1. The molecule has 0 radical (unpaired) electrons. The van der Waals surface area contributed by atoms with Crippen LogP contribution < -0.4 is 8.24 Å². The predicted octanol–water partition coefficient (Wildman–Crippen LogP) is 1.11. The Labute approximate surface area is 87.2 Å². The van der Waals surface area contributed by atoms with Crippen LogP contribution in [0.1, 0.15) is 0 Å². The van der Waals surface area contributed by atoms with Gasteiger partial charge in [-0.2, -0.15) is 0 Å². The normalized spacial score (nSPS) is 10.2. The molecule has 3 heteroatoms. The maximum absolute atomic E-state index is 9.53. The van der Waals surface area contributed by atoms with Crippen LogP contribution in [0.5, 0.6) is 5.75 Å². The SMILES string of the molecule is Oc1ccccc1[Se]c1cccs1. The topological polar surface area (TPSA) is 20.2 Å². The van der Waals surface area contributed by atoms with E-state index in [1.807, 2.05) is 24.3 Å². The van der Waals surface area contributed by atoms with Gasteiger partial charge in [0.2, 0.25) is 0 Å². The fraction of sp³-hybridized carbons (Fsp3) is 0. The van der Waals surface area contributed by atoms with Gasteiger partial charge in [-0.05, 0) is 0 Å². The monoisotopic (exact) mass is 256 g/mol. The zero-order valence-corrected chi connectivity index (χ0v) is 9.33. The first-order valence-electron chi connectivity index (χ1n) is 3.85. The van der Waals surface area contributed by atoms with Crippen LogP contribution in [-0.4, -0.2) is 20.1 Å².